The molecule has 0 radical (unpaired) electrons. The largest absolute Gasteiger partial charge is 0.309 e. The fourth-order valence-corrected chi connectivity index (χ4v) is 7.38. The third kappa shape index (κ3) is 3.00. The molecule has 5 aromatic carbocycles. The van der Waals surface area contributed by atoms with Crippen LogP contribution >= 0.6 is 0 Å². The first-order chi connectivity index (χ1) is 20.9. The molecule has 1 aliphatic rings. The van der Waals surface area contributed by atoms with Crippen LogP contribution in [0.1, 0.15) is 22.3 Å². The summed E-state index contributed by atoms with van der Waals surface area (Å²) in [5.74, 6) is 0. The highest BCUT2D eigenvalue weighted by molar-refractivity contribution is 6.15. The second kappa shape index (κ2) is 8.73. The van der Waals surface area contributed by atoms with Crippen LogP contribution in [0, 0.1) is 0 Å². The van der Waals surface area contributed by atoms with E-state index in [0.29, 0.717) is 0 Å². The molecule has 0 spiro atoms. The van der Waals surface area contributed by atoms with Gasteiger partial charge in [0.15, 0.2) is 0 Å². The highest BCUT2D eigenvalue weighted by Gasteiger charge is 2.48. The standard InChI is InChI=1S/C39H25N3/c1-2-10-27-23-30(18-17-26(27)9-1)42-35-16-6-4-14-33(35)37-36(42)20-19-32-31-13-3-5-15-34(31)39(38(32)37,28-11-7-21-40-24-28)29-12-8-22-41-25-29/h1-25H. The van der Waals surface area contributed by atoms with E-state index in [1.54, 1.807) is 0 Å². The Morgan fingerprint density at radius 2 is 1.24 bits per heavy atom. The highest BCUT2D eigenvalue weighted by Crippen LogP contribution is 2.59. The van der Waals surface area contributed by atoms with Crippen molar-refractivity contribution in [3.8, 4) is 16.8 Å². The average molecular weight is 536 g/mol. The van der Waals surface area contributed by atoms with Crippen LogP contribution in [-0.4, -0.2) is 14.5 Å². The number of pyridine rings is 2. The van der Waals surface area contributed by atoms with Crippen LogP contribution in [0.15, 0.2) is 152 Å². The van der Waals surface area contributed by atoms with Crippen LogP contribution in [0.5, 0.6) is 0 Å². The van der Waals surface area contributed by atoms with Gasteiger partial charge in [0.1, 0.15) is 0 Å². The fraction of sp³-hybridized carbons (Fsp3) is 0.0256. The van der Waals surface area contributed by atoms with Gasteiger partial charge in [0.25, 0.3) is 0 Å². The minimum Gasteiger partial charge on any atom is -0.309 e. The minimum atomic E-state index is -0.577. The molecule has 0 aliphatic heterocycles. The highest BCUT2D eigenvalue weighted by atomic mass is 15.0. The van der Waals surface area contributed by atoms with Crippen molar-refractivity contribution >= 4 is 32.6 Å². The maximum absolute atomic E-state index is 4.64. The summed E-state index contributed by atoms with van der Waals surface area (Å²) in [5.41, 5.74) is 10.3. The Morgan fingerprint density at radius 3 is 2.02 bits per heavy atom. The van der Waals surface area contributed by atoms with E-state index in [-0.39, 0.29) is 0 Å². The molecule has 196 valence electrons. The van der Waals surface area contributed by atoms with E-state index in [2.05, 4.69) is 130 Å². The van der Waals surface area contributed by atoms with Gasteiger partial charge in [-0.1, -0.05) is 91.0 Å². The summed E-state index contributed by atoms with van der Waals surface area (Å²) < 4.78 is 2.43. The summed E-state index contributed by atoms with van der Waals surface area (Å²) in [6, 6.07) is 46.2. The Morgan fingerprint density at radius 1 is 0.524 bits per heavy atom. The summed E-state index contributed by atoms with van der Waals surface area (Å²) in [6.07, 6.45) is 7.77. The first-order valence-corrected chi connectivity index (χ1v) is 14.3. The van der Waals surface area contributed by atoms with Crippen LogP contribution in [0.2, 0.25) is 0 Å². The Hall–Kier alpha value is -5.54. The Balaban J connectivity index is 1.49. The molecule has 42 heavy (non-hydrogen) atoms. The molecule has 0 unspecified atom stereocenters. The fourth-order valence-electron chi connectivity index (χ4n) is 7.38. The zero-order chi connectivity index (χ0) is 27.7. The van der Waals surface area contributed by atoms with Gasteiger partial charge < -0.3 is 4.57 Å². The molecule has 0 N–H and O–H groups in total. The third-order valence-corrected chi connectivity index (χ3v) is 9.02. The maximum Gasteiger partial charge on any atom is 0.0750 e. The van der Waals surface area contributed by atoms with Crippen molar-refractivity contribution in [3.63, 3.8) is 0 Å². The number of rotatable bonds is 3. The molecule has 3 nitrogen and oxygen atoms in total. The van der Waals surface area contributed by atoms with E-state index in [9.17, 15) is 0 Å². The smallest absolute Gasteiger partial charge is 0.0750 e. The van der Waals surface area contributed by atoms with Crippen molar-refractivity contribution in [2.45, 2.75) is 5.41 Å². The van der Waals surface area contributed by atoms with Gasteiger partial charge >= 0.3 is 0 Å². The summed E-state index contributed by atoms with van der Waals surface area (Å²) in [7, 11) is 0. The summed E-state index contributed by atoms with van der Waals surface area (Å²) in [4.78, 5) is 9.29. The van der Waals surface area contributed by atoms with Crippen molar-refractivity contribution in [2.24, 2.45) is 0 Å². The number of hydrogen-bond donors (Lipinski definition) is 0. The van der Waals surface area contributed by atoms with Crippen molar-refractivity contribution in [3.05, 3.63) is 174 Å². The molecule has 3 heteroatoms. The molecule has 8 aromatic rings. The molecule has 1 aliphatic carbocycles. The van der Waals surface area contributed by atoms with Gasteiger partial charge in [-0.15, -0.1) is 0 Å². The second-order valence-electron chi connectivity index (χ2n) is 11.0. The Bertz CT molecular complexity index is 2260. The van der Waals surface area contributed by atoms with E-state index in [4.69, 9.17) is 0 Å². The Labute approximate surface area is 243 Å². The number of fused-ring (bicyclic) bond motifs is 8. The number of aromatic nitrogens is 3. The normalized spacial score (nSPS) is 13.4. The van der Waals surface area contributed by atoms with E-state index in [0.717, 1.165) is 16.8 Å². The lowest BCUT2D eigenvalue weighted by Crippen LogP contribution is -2.29. The summed E-state index contributed by atoms with van der Waals surface area (Å²) >= 11 is 0. The molecule has 0 amide bonds. The van der Waals surface area contributed by atoms with Gasteiger partial charge in [-0.05, 0) is 80.6 Å². The molecule has 0 atom stereocenters. The Kier molecular flexibility index (Phi) is 4.82. The van der Waals surface area contributed by atoms with Gasteiger partial charge in [-0.3, -0.25) is 9.97 Å². The number of benzene rings is 5. The molecule has 9 rings (SSSR count). The molecule has 3 heterocycles. The number of hydrogen-bond acceptors (Lipinski definition) is 2. The van der Waals surface area contributed by atoms with E-state index in [1.165, 1.54) is 54.8 Å². The van der Waals surface area contributed by atoms with Crippen LogP contribution < -0.4 is 0 Å². The molecule has 0 bridgehead atoms. The second-order valence-corrected chi connectivity index (χ2v) is 11.0. The summed E-state index contributed by atoms with van der Waals surface area (Å²) in [5, 5.41) is 4.97. The number of para-hydroxylation sites is 1. The summed E-state index contributed by atoms with van der Waals surface area (Å²) in [6.45, 7) is 0. The molecule has 0 saturated heterocycles. The predicted molar refractivity (Wildman–Crippen MR) is 171 cm³/mol. The van der Waals surface area contributed by atoms with Crippen molar-refractivity contribution in [2.75, 3.05) is 0 Å². The minimum absolute atomic E-state index is 0.577. The lowest BCUT2D eigenvalue weighted by Gasteiger charge is -2.33. The van der Waals surface area contributed by atoms with Gasteiger partial charge in [-0.2, -0.15) is 0 Å². The van der Waals surface area contributed by atoms with Crippen molar-refractivity contribution in [1.82, 2.24) is 14.5 Å². The molecular weight excluding hydrogens is 510 g/mol. The van der Waals surface area contributed by atoms with Gasteiger partial charge in [-0.25, -0.2) is 0 Å². The number of nitrogens with zero attached hydrogens (tertiary/aromatic N) is 3. The first-order valence-electron chi connectivity index (χ1n) is 14.3. The van der Waals surface area contributed by atoms with Crippen molar-refractivity contribution in [1.29, 1.82) is 0 Å². The SMILES string of the molecule is c1cncc(C2(c3cccnc3)c3ccccc3-c3ccc4c(c32)c2ccccc2n4-c2ccc3ccccc3c2)c1. The average Bonchev–Trinajstić information content (AvgIpc) is 3.56. The lowest BCUT2D eigenvalue weighted by molar-refractivity contribution is 0.764. The molecular formula is C39H25N3. The van der Waals surface area contributed by atoms with Crippen molar-refractivity contribution < 1.29 is 0 Å². The van der Waals surface area contributed by atoms with E-state index in [1.807, 2.05) is 36.9 Å². The maximum atomic E-state index is 4.64. The van der Waals surface area contributed by atoms with Gasteiger partial charge in [0, 0.05) is 41.2 Å². The van der Waals surface area contributed by atoms with E-state index >= 15 is 0 Å². The van der Waals surface area contributed by atoms with E-state index < -0.39 is 5.41 Å². The van der Waals surface area contributed by atoms with Gasteiger partial charge in [0.05, 0.1) is 16.4 Å². The molecule has 3 aromatic heterocycles. The monoisotopic (exact) mass is 535 g/mol. The van der Waals surface area contributed by atoms with Crippen LogP contribution in [-0.2, 0) is 5.41 Å². The third-order valence-electron chi connectivity index (χ3n) is 9.02. The molecule has 0 fully saturated rings. The first kappa shape index (κ1) is 23.2. The zero-order valence-electron chi connectivity index (χ0n) is 22.8. The lowest BCUT2D eigenvalue weighted by atomic mass is 9.67. The zero-order valence-corrected chi connectivity index (χ0v) is 22.8. The van der Waals surface area contributed by atoms with Gasteiger partial charge in [0.2, 0.25) is 0 Å². The van der Waals surface area contributed by atoms with Crippen LogP contribution in [0.25, 0.3) is 49.4 Å². The predicted octanol–water partition coefficient (Wildman–Crippen LogP) is 9.09. The topological polar surface area (TPSA) is 30.7 Å². The van der Waals surface area contributed by atoms with Crippen LogP contribution in [0.3, 0.4) is 0 Å². The quantitative estimate of drug-likeness (QED) is 0.226. The molecule has 0 saturated carbocycles. The van der Waals surface area contributed by atoms with Crippen LogP contribution in [0.4, 0.5) is 0 Å².